The summed E-state index contributed by atoms with van der Waals surface area (Å²) in [6.07, 6.45) is 0. The maximum absolute atomic E-state index is 13.4. The number of sulfonamides is 1. The van der Waals surface area contributed by atoms with Gasteiger partial charge in [0.05, 0.1) is 11.0 Å². The Balaban J connectivity index is 3.12. The number of alkyl halides is 1. The summed E-state index contributed by atoms with van der Waals surface area (Å²) in [5.41, 5.74) is -0.498. The molecule has 17 heavy (non-hydrogen) atoms. The molecule has 1 N–H and O–H groups in total. The number of nitrogens with zero attached hydrogens (tertiary/aromatic N) is 1. The summed E-state index contributed by atoms with van der Waals surface area (Å²) in [7, 11) is -3.97. The molecule has 0 unspecified atom stereocenters. The molecule has 0 saturated carbocycles. The zero-order valence-electron chi connectivity index (χ0n) is 8.39. The van der Waals surface area contributed by atoms with Crippen molar-refractivity contribution in [2.24, 2.45) is 0 Å². The summed E-state index contributed by atoms with van der Waals surface area (Å²) in [5.74, 6) is -1.15. The van der Waals surface area contributed by atoms with E-state index in [1.54, 1.807) is 0 Å². The standard InChI is InChI=1S/C8H8BrFN2O4S/c9-3-4-11-17(15,16)8-2-1-6(12(13)14)5-7(8)10/h1-2,5,11H,3-4H2. The number of hydrogen-bond donors (Lipinski definition) is 1. The van der Waals surface area contributed by atoms with Crippen molar-refractivity contribution in [1.82, 2.24) is 4.72 Å². The van der Waals surface area contributed by atoms with Crippen LogP contribution >= 0.6 is 15.9 Å². The molecule has 0 amide bonds. The smallest absolute Gasteiger partial charge is 0.258 e. The van der Waals surface area contributed by atoms with Gasteiger partial charge in [0.15, 0.2) is 0 Å². The zero-order valence-corrected chi connectivity index (χ0v) is 10.8. The summed E-state index contributed by atoms with van der Waals surface area (Å²) in [4.78, 5) is 8.95. The third kappa shape index (κ3) is 3.45. The lowest BCUT2D eigenvalue weighted by Gasteiger charge is -2.05. The highest BCUT2D eigenvalue weighted by atomic mass is 79.9. The van der Waals surface area contributed by atoms with E-state index < -0.39 is 31.3 Å². The minimum Gasteiger partial charge on any atom is -0.258 e. The molecule has 0 spiro atoms. The second-order valence-corrected chi connectivity index (χ2v) is 5.49. The van der Waals surface area contributed by atoms with Gasteiger partial charge < -0.3 is 0 Å². The molecule has 0 aromatic heterocycles. The second kappa shape index (κ2) is 5.52. The van der Waals surface area contributed by atoms with Crippen molar-refractivity contribution >= 4 is 31.6 Å². The second-order valence-electron chi connectivity index (χ2n) is 2.96. The van der Waals surface area contributed by atoms with Crippen LogP contribution in [0.2, 0.25) is 0 Å². The molecule has 6 nitrogen and oxygen atoms in total. The summed E-state index contributed by atoms with van der Waals surface area (Å²) in [6.45, 7) is 0.0960. The van der Waals surface area contributed by atoms with E-state index in [4.69, 9.17) is 0 Å². The van der Waals surface area contributed by atoms with Gasteiger partial charge in [-0.25, -0.2) is 17.5 Å². The number of benzene rings is 1. The van der Waals surface area contributed by atoms with Crippen LogP contribution in [0, 0.1) is 15.9 Å². The van der Waals surface area contributed by atoms with Gasteiger partial charge >= 0.3 is 0 Å². The van der Waals surface area contributed by atoms with Gasteiger partial charge in [-0.1, -0.05) is 15.9 Å². The Labute approximate surface area is 105 Å². The molecular formula is C8H8BrFN2O4S. The van der Waals surface area contributed by atoms with Crippen molar-refractivity contribution in [3.63, 3.8) is 0 Å². The summed E-state index contributed by atoms with van der Waals surface area (Å²) >= 11 is 3.01. The summed E-state index contributed by atoms with van der Waals surface area (Å²) < 4.78 is 38.6. The van der Waals surface area contributed by atoms with E-state index in [0.717, 1.165) is 12.1 Å². The van der Waals surface area contributed by atoms with Crippen LogP contribution in [0.1, 0.15) is 0 Å². The number of rotatable bonds is 5. The quantitative estimate of drug-likeness (QED) is 0.503. The summed E-state index contributed by atoms with van der Waals surface area (Å²) in [5, 5.41) is 10.7. The Bertz CT molecular complexity index is 534. The van der Waals surface area contributed by atoms with Crippen LogP contribution in [0.5, 0.6) is 0 Å². The van der Waals surface area contributed by atoms with Crippen molar-refractivity contribution in [3.8, 4) is 0 Å². The Morgan fingerprint density at radius 2 is 2.12 bits per heavy atom. The molecule has 0 atom stereocenters. The monoisotopic (exact) mass is 326 g/mol. The lowest BCUT2D eigenvalue weighted by Crippen LogP contribution is -2.26. The lowest BCUT2D eigenvalue weighted by atomic mass is 10.3. The molecule has 94 valence electrons. The third-order valence-electron chi connectivity index (χ3n) is 1.80. The molecule has 1 aromatic rings. The molecular weight excluding hydrogens is 319 g/mol. The van der Waals surface area contributed by atoms with E-state index in [9.17, 15) is 22.9 Å². The van der Waals surface area contributed by atoms with E-state index in [1.165, 1.54) is 0 Å². The van der Waals surface area contributed by atoms with Crippen molar-refractivity contribution in [3.05, 3.63) is 34.1 Å². The maximum Gasteiger partial charge on any atom is 0.272 e. The zero-order chi connectivity index (χ0) is 13.1. The van der Waals surface area contributed by atoms with Crippen molar-refractivity contribution in [2.45, 2.75) is 4.90 Å². The highest BCUT2D eigenvalue weighted by Gasteiger charge is 2.20. The van der Waals surface area contributed by atoms with Gasteiger partial charge in [-0.3, -0.25) is 10.1 Å². The van der Waals surface area contributed by atoms with Gasteiger partial charge in [0.2, 0.25) is 10.0 Å². The highest BCUT2D eigenvalue weighted by molar-refractivity contribution is 9.09. The number of halogens is 2. The summed E-state index contributed by atoms with van der Waals surface area (Å²) in [6, 6.07) is 2.37. The molecule has 1 rings (SSSR count). The SMILES string of the molecule is O=[N+]([O-])c1ccc(S(=O)(=O)NCCBr)c(F)c1. The fourth-order valence-electron chi connectivity index (χ4n) is 1.07. The van der Waals surface area contributed by atoms with E-state index in [1.807, 2.05) is 0 Å². The first-order valence-electron chi connectivity index (χ1n) is 4.38. The fourth-order valence-corrected chi connectivity index (χ4v) is 2.62. The minimum atomic E-state index is -3.97. The van der Waals surface area contributed by atoms with Gasteiger partial charge in [-0.15, -0.1) is 0 Å². The first kappa shape index (κ1) is 14.0. The molecule has 9 heteroatoms. The van der Waals surface area contributed by atoms with Crippen LogP contribution in [0.4, 0.5) is 10.1 Å². The molecule has 0 bridgehead atoms. The first-order chi connectivity index (χ1) is 7.88. The molecule has 0 fully saturated rings. The van der Waals surface area contributed by atoms with E-state index >= 15 is 0 Å². The Hall–Kier alpha value is -1.06. The number of hydrogen-bond acceptors (Lipinski definition) is 4. The number of non-ortho nitro benzene ring substituents is 1. The largest absolute Gasteiger partial charge is 0.272 e. The third-order valence-corrected chi connectivity index (χ3v) is 3.69. The van der Waals surface area contributed by atoms with Gasteiger partial charge in [-0.05, 0) is 6.07 Å². The van der Waals surface area contributed by atoms with Crippen LogP contribution in [-0.2, 0) is 10.0 Å². The molecule has 0 radical (unpaired) electrons. The average Bonchev–Trinajstić information content (AvgIpc) is 2.25. The first-order valence-corrected chi connectivity index (χ1v) is 6.98. The predicted molar refractivity (Wildman–Crippen MR) is 62.0 cm³/mol. The van der Waals surface area contributed by atoms with Crippen LogP contribution in [0.3, 0.4) is 0 Å². The van der Waals surface area contributed by atoms with Gasteiger partial charge in [0, 0.05) is 17.9 Å². The van der Waals surface area contributed by atoms with E-state index in [-0.39, 0.29) is 6.54 Å². The molecule has 0 heterocycles. The van der Waals surface area contributed by atoms with Crippen LogP contribution in [0.15, 0.2) is 23.1 Å². The normalized spacial score (nSPS) is 11.4. The van der Waals surface area contributed by atoms with Crippen LogP contribution in [0.25, 0.3) is 0 Å². The molecule has 0 aliphatic carbocycles. The Morgan fingerprint density at radius 3 is 2.59 bits per heavy atom. The van der Waals surface area contributed by atoms with Gasteiger partial charge in [-0.2, -0.15) is 0 Å². The maximum atomic E-state index is 13.4. The molecule has 0 saturated heterocycles. The van der Waals surface area contributed by atoms with Gasteiger partial charge in [0.1, 0.15) is 10.7 Å². The Morgan fingerprint density at radius 1 is 1.47 bits per heavy atom. The minimum absolute atomic E-state index is 0.0960. The Kier molecular flexibility index (Phi) is 4.54. The van der Waals surface area contributed by atoms with Crippen LogP contribution < -0.4 is 4.72 Å². The van der Waals surface area contributed by atoms with Gasteiger partial charge in [0.25, 0.3) is 5.69 Å². The highest BCUT2D eigenvalue weighted by Crippen LogP contribution is 2.20. The van der Waals surface area contributed by atoms with E-state index in [2.05, 4.69) is 20.7 Å². The predicted octanol–water partition coefficient (Wildman–Crippen LogP) is 1.41. The molecule has 1 aromatic carbocycles. The number of nitro groups is 1. The van der Waals surface area contributed by atoms with E-state index in [0.29, 0.717) is 11.4 Å². The molecule has 0 aliphatic rings. The number of nitrogens with one attached hydrogen (secondary N) is 1. The number of nitro benzene ring substituents is 1. The van der Waals surface area contributed by atoms with Crippen LogP contribution in [-0.4, -0.2) is 25.2 Å². The average molecular weight is 327 g/mol. The lowest BCUT2D eigenvalue weighted by molar-refractivity contribution is -0.385. The fraction of sp³-hybridized carbons (Fsp3) is 0.250. The van der Waals surface area contributed by atoms with Crippen molar-refractivity contribution < 1.29 is 17.7 Å². The topological polar surface area (TPSA) is 89.3 Å². The molecule has 0 aliphatic heterocycles. The van der Waals surface area contributed by atoms with Crippen molar-refractivity contribution in [1.29, 1.82) is 0 Å². The van der Waals surface area contributed by atoms with Crippen molar-refractivity contribution in [2.75, 3.05) is 11.9 Å².